The normalized spacial score (nSPS) is 15.7. The summed E-state index contributed by atoms with van der Waals surface area (Å²) < 4.78 is 53.4. The number of benzene rings is 2. The Labute approximate surface area is 184 Å². The van der Waals surface area contributed by atoms with Gasteiger partial charge in [0, 0.05) is 38.4 Å². The second kappa shape index (κ2) is 9.07. The zero-order valence-corrected chi connectivity index (χ0v) is 19.5. The Morgan fingerprint density at radius 2 is 1.65 bits per heavy atom. The Hall–Kier alpha value is -2.27. The number of sulfonamides is 2. The summed E-state index contributed by atoms with van der Waals surface area (Å²) in [7, 11) is -4.48. The number of rotatable bonds is 6. The molecule has 168 valence electrons. The number of hydrogen-bond acceptors (Lipinski definition) is 5. The van der Waals surface area contributed by atoms with Crippen LogP contribution >= 0.6 is 0 Å². The monoisotopic (exact) mass is 465 g/mol. The molecular formula is C21H27N3O5S2. The van der Waals surface area contributed by atoms with E-state index in [-0.39, 0.29) is 15.4 Å². The highest BCUT2D eigenvalue weighted by atomic mass is 32.2. The highest BCUT2D eigenvalue weighted by Gasteiger charge is 2.28. The van der Waals surface area contributed by atoms with Gasteiger partial charge in [-0.05, 0) is 55.7 Å². The Kier molecular flexibility index (Phi) is 6.85. The van der Waals surface area contributed by atoms with Crippen LogP contribution in [0.4, 0.5) is 5.69 Å². The van der Waals surface area contributed by atoms with Crippen molar-refractivity contribution in [3.8, 4) is 0 Å². The number of piperidine rings is 1. The molecule has 0 aliphatic carbocycles. The van der Waals surface area contributed by atoms with E-state index in [0.717, 1.165) is 23.6 Å². The molecule has 1 heterocycles. The van der Waals surface area contributed by atoms with Gasteiger partial charge in [-0.2, -0.15) is 4.31 Å². The summed E-state index contributed by atoms with van der Waals surface area (Å²) >= 11 is 0. The Morgan fingerprint density at radius 3 is 2.29 bits per heavy atom. The molecule has 10 heteroatoms. The Morgan fingerprint density at radius 1 is 0.968 bits per heavy atom. The molecule has 8 nitrogen and oxygen atoms in total. The minimum atomic E-state index is -3.69. The molecule has 0 radical (unpaired) electrons. The van der Waals surface area contributed by atoms with Gasteiger partial charge in [-0.3, -0.25) is 4.79 Å². The molecule has 31 heavy (non-hydrogen) atoms. The molecule has 0 aromatic heterocycles. The van der Waals surface area contributed by atoms with Crippen molar-refractivity contribution in [3.05, 3.63) is 53.6 Å². The number of amides is 1. The Balaban J connectivity index is 1.88. The molecule has 1 N–H and O–H groups in total. The highest BCUT2D eigenvalue weighted by Crippen LogP contribution is 2.25. The second-order valence-electron chi connectivity index (χ2n) is 7.71. The third-order valence-corrected chi connectivity index (χ3v) is 9.11. The molecule has 0 atom stereocenters. The average Bonchev–Trinajstić information content (AvgIpc) is 2.74. The number of hydrogen-bond donors (Lipinski definition) is 1. The van der Waals surface area contributed by atoms with Crippen LogP contribution in [0.2, 0.25) is 0 Å². The summed E-state index contributed by atoms with van der Waals surface area (Å²) in [5.74, 6) is -0.519. The molecule has 3 rings (SSSR count). The van der Waals surface area contributed by atoms with Gasteiger partial charge in [-0.25, -0.2) is 21.1 Å². The molecule has 1 saturated heterocycles. The van der Waals surface area contributed by atoms with E-state index in [1.807, 2.05) is 0 Å². The van der Waals surface area contributed by atoms with Crippen molar-refractivity contribution in [2.24, 2.45) is 0 Å². The molecule has 2 aromatic carbocycles. The molecule has 1 fully saturated rings. The van der Waals surface area contributed by atoms with Crippen LogP contribution < -0.4 is 5.32 Å². The van der Waals surface area contributed by atoms with E-state index in [1.54, 1.807) is 25.1 Å². The van der Waals surface area contributed by atoms with Crippen LogP contribution in [0, 0.1) is 6.92 Å². The van der Waals surface area contributed by atoms with Crippen molar-refractivity contribution in [1.29, 1.82) is 0 Å². The maximum Gasteiger partial charge on any atom is 0.255 e. The molecule has 2 aromatic rings. The largest absolute Gasteiger partial charge is 0.322 e. The van der Waals surface area contributed by atoms with Crippen LogP contribution in [0.5, 0.6) is 0 Å². The van der Waals surface area contributed by atoms with Crippen molar-refractivity contribution in [2.45, 2.75) is 36.0 Å². The molecule has 0 spiro atoms. The van der Waals surface area contributed by atoms with Crippen molar-refractivity contribution in [1.82, 2.24) is 8.61 Å². The third kappa shape index (κ3) is 4.98. The average molecular weight is 466 g/mol. The topological polar surface area (TPSA) is 104 Å². The number of nitrogens with one attached hydrogen (secondary N) is 1. The quantitative estimate of drug-likeness (QED) is 0.706. The zero-order valence-electron chi connectivity index (χ0n) is 17.8. The van der Waals surface area contributed by atoms with Gasteiger partial charge in [-0.1, -0.05) is 18.6 Å². The third-order valence-electron chi connectivity index (χ3n) is 5.25. The fourth-order valence-corrected chi connectivity index (χ4v) is 6.13. The van der Waals surface area contributed by atoms with E-state index in [1.165, 1.54) is 42.7 Å². The fraction of sp³-hybridized carbons (Fsp3) is 0.381. The summed E-state index contributed by atoms with van der Waals surface area (Å²) in [6.45, 7) is 2.66. The molecule has 0 saturated carbocycles. The number of nitrogens with zero attached hydrogens (tertiary/aromatic N) is 2. The lowest BCUT2D eigenvalue weighted by atomic mass is 10.1. The van der Waals surface area contributed by atoms with Crippen molar-refractivity contribution in [2.75, 3.05) is 32.5 Å². The van der Waals surface area contributed by atoms with Crippen molar-refractivity contribution < 1.29 is 21.6 Å². The first-order chi connectivity index (χ1) is 14.5. The molecule has 1 aliphatic heterocycles. The maximum absolute atomic E-state index is 13.1. The first-order valence-corrected chi connectivity index (χ1v) is 12.9. The molecular weight excluding hydrogens is 438 g/mol. The minimum Gasteiger partial charge on any atom is -0.322 e. The van der Waals surface area contributed by atoms with Gasteiger partial charge < -0.3 is 5.32 Å². The van der Waals surface area contributed by atoms with Gasteiger partial charge in [0.15, 0.2) is 0 Å². The summed E-state index contributed by atoms with van der Waals surface area (Å²) in [6, 6.07) is 10.5. The van der Waals surface area contributed by atoms with Gasteiger partial charge in [-0.15, -0.1) is 0 Å². The zero-order chi connectivity index (χ0) is 22.8. The smallest absolute Gasteiger partial charge is 0.255 e. The Bertz CT molecular complexity index is 1190. The van der Waals surface area contributed by atoms with Crippen molar-refractivity contribution >= 4 is 31.6 Å². The lowest BCUT2D eigenvalue weighted by Crippen LogP contribution is -2.36. The molecule has 0 unspecified atom stereocenters. The van der Waals surface area contributed by atoms with E-state index in [9.17, 15) is 21.6 Å². The predicted octanol–water partition coefficient (Wildman–Crippen LogP) is 2.67. The number of anilines is 1. The fourth-order valence-electron chi connectivity index (χ4n) is 3.41. The summed E-state index contributed by atoms with van der Waals surface area (Å²) in [5.41, 5.74) is 1.05. The lowest BCUT2D eigenvalue weighted by molar-refractivity contribution is 0.102. The second-order valence-corrected chi connectivity index (χ2v) is 11.8. The SMILES string of the molecule is Cc1ccc(C(=O)Nc2cccc(S(=O)(=O)N(C)C)c2)cc1S(=O)(=O)N1CCCCC1. The van der Waals surface area contributed by atoms with E-state index < -0.39 is 26.0 Å². The van der Waals surface area contributed by atoms with Crippen molar-refractivity contribution in [3.63, 3.8) is 0 Å². The first kappa shape index (κ1) is 23.4. The summed E-state index contributed by atoms with van der Waals surface area (Å²) in [4.78, 5) is 13.0. The van der Waals surface area contributed by atoms with E-state index in [4.69, 9.17) is 0 Å². The molecule has 1 aliphatic rings. The van der Waals surface area contributed by atoms with Crippen LogP contribution in [-0.4, -0.2) is 58.5 Å². The van der Waals surface area contributed by atoms with E-state index in [0.29, 0.717) is 24.3 Å². The van der Waals surface area contributed by atoms with E-state index in [2.05, 4.69) is 5.32 Å². The lowest BCUT2D eigenvalue weighted by Gasteiger charge is -2.26. The number of carbonyl (C=O) groups excluding carboxylic acids is 1. The van der Waals surface area contributed by atoms with Gasteiger partial charge >= 0.3 is 0 Å². The summed E-state index contributed by atoms with van der Waals surface area (Å²) in [6.07, 6.45) is 2.66. The molecule has 1 amide bonds. The standard InChI is InChI=1S/C21H27N3O5S2/c1-16-10-11-17(14-20(16)31(28,29)24-12-5-4-6-13-24)21(25)22-18-8-7-9-19(15-18)30(26,27)23(2)3/h7-11,14-15H,4-6,12-13H2,1-3H3,(H,22,25). The predicted molar refractivity (Wildman–Crippen MR) is 119 cm³/mol. The van der Waals surface area contributed by atoms with Crippen LogP contribution in [0.25, 0.3) is 0 Å². The van der Waals surface area contributed by atoms with Gasteiger partial charge in [0.1, 0.15) is 0 Å². The number of aryl methyl sites for hydroxylation is 1. The van der Waals surface area contributed by atoms with E-state index >= 15 is 0 Å². The highest BCUT2D eigenvalue weighted by molar-refractivity contribution is 7.89. The molecule has 0 bridgehead atoms. The summed E-state index contributed by atoms with van der Waals surface area (Å²) in [5, 5.41) is 2.66. The van der Waals surface area contributed by atoms with Crippen LogP contribution in [0.1, 0.15) is 35.2 Å². The minimum absolute atomic E-state index is 0.0487. The van der Waals surface area contributed by atoms with Gasteiger partial charge in [0.05, 0.1) is 9.79 Å². The van der Waals surface area contributed by atoms with Crippen LogP contribution in [0.15, 0.2) is 52.3 Å². The first-order valence-electron chi connectivity index (χ1n) is 9.98. The maximum atomic E-state index is 13.1. The van der Waals surface area contributed by atoms with Gasteiger partial charge in [0.25, 0.3) is 5.91 Å². The van der Waals surface area contributed by atoms with Crippen LogP contribution in [0.3, 0.4) is 0 Å². The van der Waals surface area contributed by atoms with Crippen LogP contribution in [-0.2, 0) is 20.0 Å². The number of carbonyl (C=O) groups is 1. The van der Waals surface area contributed by atoms with Gasteiger partial charge in [0.2, 0.25) is 20.0 Å².